The van der Waals surface area contributed by atoms with Crippen LogP contribution in [-0.2, 0) is 4.79 Å². The zero-order valence-electron chi connectivity index (χ0n) is 16.7. The number of benzene rings is 3. The third-order valence-corrected chi connectivity index (χ3v) is 5.64. The maximum atomic E-state index is 13.4. The first kappa shape index (κ1) is 19.7. The van der Waals surface area contributed by atoms with Gasteiger partial charge in [0.25, 0.3) is 5.91 Å². The first-order valence-corrected chi connectivity index (χ1v) is 9.94. The number of carbonyl (C=O) groups is 2. The number of ether oxygens (including phenoxy) is 1. The summed E-state index contributed by atoms with van der Waals surface area (Å²) in [5.41, 5.74) is 3.30. The Morgan fingerprint density at radius 1 is 0.900 bits per heavy atom. The molecule has 1 heterocycles. The molecule has 0 bridgehead atoms. The summed E-state index contributed by atoms with van der Waals surface area (Å²) in [7, 11) is 1.62. The lowest BCUT2D eigenvalue weighted by Crippen LogP contribution is -2.41. The van der Waals surface area contributed by atoms with Crippen molar-refractivity contribution in [3.63, 3.8) is 0 Å². The van der Waals surface area contributed by atoms with E-state index in [9.17, 15) is 14.7 Å². The zero-order chi connectivity index (χ0) is 21.1. The molecule has 4 rings (SSSR count). The van der Waals surface area contributed by atoms with Crippen molar-refractivity contribution >= 4 is 11.9 Å². The molecular weight excluding hydrogens is 378 g/mol. The number of carboxylic acid groups (broad SMARTS) is 1. The van der Waals surface area contributed by atoms with Crippen LogP contribution in [0.5, 0.6) is 5.75 Å². The van der Waals surface area contributed by atoms with Crippen LogP contribution in [-0.4, -0.2) is 35.0 Å². The fraction of sp³-hybridized carbons (Fsp3) is 0.200. The number of aliphatic carboxylic acids is 1. The molecule has 3 aromatic carbocycles. The molecule has 0 spiro atoms. The highest BCUT2D eigenvalue weighted by Crippen LogP contribution is 2.38. The predicted molar refractivity (Wildman–Crippen MR) is 114 cm³/mol. The van der Waals surface area contributed by atoms with E-state index >= 15 is 0 Å². The molecule has 30 heavy (non-hydrogen) atoms. The first-order chi connectivity index (χ1) is 14.6. The number of para-hydroxylation sites is 1. The lowest BCUT2D eigenvalue weighted by molar-refractivity contribution is -0.141. The van der Waals surface area contributed by atoms with Crippen LogP contribution in [0.4, 0.5) is 0 Å². The number of carboxylic acids is 1. The van der Waals surface area contributed by atoms with Crippen molar-refractivity contribution in [3.8, 4) is 16.9 Å². The lowest BCUT2D eigenvalue weighted by atomic mass is 10.0. The maximum absolute atomic E-state index is 13.4. The molecule has 1 unspecified atom stereocenters. The number of methoxy groups -OCH3 is 1. The monoisotopic (exact) mass is 401 g/mol. The van der Waals surface area contributed by atoms with Crippen molar-refractivity contribution < 1.29 is 19.4 Å². The van der Waals surface area contributed by atoms with Gasteiger partial charge in [-0.25, -0.2) is 4.79 Å². The highest BCUT2D eigenvalue weighted by atomic mass is 16.5. The number of carbonyl (C=O) groups excluding carboxylic acids is 1. The highest BCUT2D eigenvalue weighted by molar-refractivity contribution is 5.97. The molecule has 5 heteroatoms. The molecule has 1 saturated heterocycles. The van der Waals surface area contributed by atoms with E-state index in [1.807, 2.05) is 66.7 Å². The average molecular weight is 401 g/mol. The lowest BCUT2D eigenvalue weighted by Gasteiger charge is -2.29. The van der Waals surface area contributed by atoms with Crippen LogP contribution in [0.2, 0.25) is 0 Å². The molecule has 0 saturated carbocycles. The van der Waals surface area contributed by atoms with Gasteiger partial charge in [0.15, 0.2) is 0 Å². The normalized spacial score (nSPS) is 18.2. The van der Waals surface area contributed by atoms with Crippen LogP contribution in [0, 0.1) is 0 Å². The number of hydrogen-bond donors (Lipinski definition) is 1. The van der Waals surface area contributed by atoms with Gasteiger partial charge in [0, 0.05) is 11.1 Å². The number of nitrogens with zero attached hydrogens (tertiary/aromatic N) is 1. The van der Waals surface area contributed by atoms with Gasteiger partial charge in [-0.2, -0.15) is 0 Å². The van der Waals surface area contributed by atoms with Crippen molar-refractivity contribution in [1.82, 2.24) is 4.90 Å². The van der Waals surface area contributed by atoms with Crippen LogP contribution >= 0.6 is 0 Å². The number of likely N-dealkylation sites (tertiary alicyclic amines) is 1. The second-order valence-electron chi connectivity index (χ2n) is 7.35. The minimum absolute atomic E-state index is 0.242. The molecule has 0 radical (unpaired) electrons. The van der Waals surface area contributed by atoms with E-state index < -0.39 is 12.0 Å². The first-order valence-electron chi connectivity index (χ1n) is 9.94. The molecule has 152 valence electrons. The number of amides is 1. The topological polar surface area (TPSA) is 66.8 Å². The summed E-state index contributed by atoms with van der Waals surface area (Å²) in [5, 5.41) is 9.69. The number of rotatable bonds is 5. The summed E-state index contributed by atoms with van der Waals surface area (Å²) in [6.45, 7) is 0. The van der Waals surface area contributed by atoms with Crippen LogP contribution in [0.15, 0.2) is 78.9 Å². The van der Waals surface area contributed by atoms with Gasteiger partial charge in [0.2, 0.25) is 0 Å². The minimum Gasteiger partial charge on any atom is -0.496 e. The molecular formula is C25H23NO4. The molecule has 3 aromatic rings. The van der Waals surface area contributed by atoms with Crippen molar-refractivity contribution in [2.45, 2.75) is 24.9 Å². The van der Waals surface area contributed by atoms with Gasteiger partial charge in [-0.1, -0.05) is 60.7 Å². The Balaban J connectivity index is 1.65. The highest BCUT2D eigenvalue weighted by Gasteiger charge is 2.41. The third-order valence-electron chi connectivity index (χ3n) is 5.64. The fourth-order valence-corrected chi connectivity index (χ4v) is 4.16. The van der Waals surface area contributed by atoms with Crippen LogP contribution in [0.25, 0.3) is 11.1 Å². The Bertz CT molecular complexity index is 1050. The smallest absolute Gasteiger partial charge is 0.326 e. The molecule has 1 fully saturated rings. The largest absolute Gasteiger partial charge is 0.496 e. The van der Waals surface area contributed by atoms with E-state index in [0.29, 0.717) is 18.4 Å². The second-order valence-corrected chi connectivity index (χ2v) is 7.35. The summed E-state index contributed by atoms with van der Waals surface area (Å²) in [4.78, 5) is 26.7. The molecule has 2 atom stereocenters. The van der Waals surface area contributed by atoms with Crippen LogP contribution in [0.3, 0.4) is 0 Å². The zero-order valence-corrected chi connectivity index (χ0v) is 16.7. The van der Waals surface area contributed by atoms with E-state index in [-0.39, 0.29) is 11.9 Å². The maximum Gasteiger partial charge on any atom is 0.326 e. The van der Waals surface area contributed by atoms with Crippen molar-refractivity contribution in [1.29, 1.82) is 0 Å². The molecule has 1 aliphatic heterocycles. The van der Waals surface area contributed by atoms with Gasteiger partial charge in [-0.15, -0.1) is 0 Å². The molecule has 1 aliphatic rings. The molecule has 5 nitrogen and oxygen atoms in total. The van der Waals surface area contributed by atoms with E-state index in [1.165, 1.54) is 4.90 Å². The number of hydrogen-bond acceptors (Lipinski definition) is 3. The van der Waals surface area contributed by atoms with Gasteiger partial charge in [0.05, 0.1) is 13.2 Å². The summed E-state index contributed by atoms with van der Waals surface area (Å²) >= 11 is 0. The Morgan fingerprint density at radius 3 is 2.23 bits per heavy atom. The SMILES string of the molecule is COc1ccccc1-c1ccc(C(=O)N2C(C(=O)O)CC[C@@H]2c2ccccc2)cc1. The third kappa shape index (κ3) is 3.66. The van der Waals surface area contributed by atoms with E-state index in [0.717, 1.165) is 22.4 Å². The van der Waals surface area contributed by atoms with E-state index in [2.05, 4.69) is 0 Å². The van der Waals surface area contributed by atoms with Crippen LogP contribution < -0.4 is 4.74 Å². The quantitative estimate of drug-likeness (QED) is 0.667. The Morgan fingerprint density at radius 2 is 1.57 bits per heavy atom. The van der Waals surface area contributed by atoms with E-state index in [1.54, 1.807) is 19.2 Å². The molecule has 1 N–H and O–H groups in total. The Labute approximate surface area is 175 Å². The fourth-order valence-electron chi connectivity index (χ4n) is 4.16. The summed E-state index contributed by atoms with van der Waals surface area (Å²) in [6, 6.07) is 23.5. The summed E-state index contributed by atoms with van der Waals surface area (Å²) in [5.74, 6) is -0.473. The molecule has 0 aromatic heterocycles. The van der Waals surface area contributed by atoms with Gasteiger partial charge in [0.1, 0.15) is 11.8 Å². The van der Waals surface area contributed by atoms with Gasteiger partial charge >= 0.3 is 5.97 Å². The summed E-state index contributed by atoms with van der Waals surface area (Å²) < 4.78 is 5.42. The minimum atomic E-state index is -0.965. The molecule has 0 aliphatic carbocycles. The molecule has 1 amide bonds. The second kappa shape index (κ2) is 8.41. The Hall–Kier alpha value is -3.60. The average Bonchev–Trinajstić information content (AvgIpc) is 3.25. The van der Waals surface area contributed by atoms with Crippen molar-refractivity contribution in [2.75, 3.05) is 7.11 Å². The van der Waals surface area contributed by atoms with Gasteiger partial charge < -0.3 is 14.7 Å². The van der Waals surface area contributed by atoms with Crippen molar-refractivity contribution in [3.05, 3.63) is 90.0 Å². The van der Waals surface area contributed by atoms with E-state index in [4.69, 9.17) is 4.74 Å². The van der Waals surface area contributed by atoms with Gasteiger partial charge in [-0.05, 0) is 42.2 Å². The standard InChI is InChI=1S/C25H23NO4/c1-30-23-10-6-5-9-20(23)17-11-13-19(14-12-17)24(27)26-21(15-16-22(26)25(28)29)18-7-3-2-4-8-18/h2-14,21-22H,15-16H2,1H3,(H,28,29)/t21-,22?/m1/s1. The van der Waals surface area contributed by atoms with Crippen molar-refractivity contribution in [2.24, 2.45) is 0 Å². The predicted octanol–water partition coefficient (Wildman–Crippen LogP) is 4.79. The summed E-state index contributed by atoms with van der Waals surface area (Å²) in [6.07, 6.45) is 1.08. The Kier molecular flexibility index (Phi) is 5.53. The van der Waals surface area contributed by atoms with Gasteiger partial charge in [-0.3, -0.25) is 4.79 Å². The van der Waals surface area contributed by atoms with Crippen LogP contribution in [0.1, 0.15) is 34.8 Å².